The molecule has 0 aliphatic carbocycles. The number of carbonyl (C=O) groups is 3. The summed E-state index contributed by atoms with van der Waals surface area (Å²) in [6.07, 6.45) is 0.213. The molecule has 2 aromatic rings. The SMILES string of the molecule is O=C1CCC(=O)N(c2ccc(C(=O)Nc3ccc(F)c(S(=O)(=O)N4CCOCC4)c3)cc2)N1. The zero-order valence-corrected chi connectivity index (χ0v) is 18.2. The molecule has 0 bridgehead atoms. The quantitative estimate of drug-likeness (QED) is 0.669. The van der Waals surface area contributed by atoms with Gasteiger partial charge in [-0.2, -0.15) is 4.31 Å². The second-order valence-electron chi connectivity index (χ2n) is 7.43. The number of ether oxygens (including phenoxy) is 1. The molecule has 0 atom stereocenters. The monoisotopic (exact) mass is 476 g/mol. The average Bonchev–Trinajstić information content (AvgIpc) is 2.82. The van der Waals surface area contributed by atoms with Crippen molar-refractivity contribution < 1.29 is 31.9 Å². The number of morpholine rings is 1. The number of halogens is 1. The van der Waals surface area contributed by atoms with Gasteiger partial charge in [0.2, 0.25) is 21.8 Å². The minimum absolute atomic E-state index is 0.0916. The number of hydrazine groups is 1. The van der Waals surface area contributed by atoms with Crippen LogP contribution < -0.4 is 15.8 Å². The maximum atomic E-state index is 14.3. The molecule has 2 fully saturated rings. The molecule has 10 nitrogen and oxygen atoms in total. The summed E-state index contributed by atoms with van der Waals surface area (Å²) >= 11 is 0. The van der Waals surface area contributed by atoms with E-state index in [0.29, 0.717) is 5.69 Å². The number of sulfonamides is 1. The Morgan fingerprint density at radius 3 is 2.42 bits per heavy atom. The topological polar surface area (TPSA) is 125 Å². The van der Waals surface area contributed by atoms with Crippen molar-refractivity contribution in [1.82, 2.24) is 9.73 Å². The first-order valence-electron chi connectivity index (χ1n) is 10.2. The summed E-state index contributed by atoms with van der Waals surface area (Å²) in [6, 6.07) is 9.23. The molecule has 2 saturated heterocycles. The molecule has 0 unspecified atom stereocenters. The van der Waals surface area contributed by atoms with Crippen molar-refractivity contribution in [3.63, 3.8) is 0 Å². The van der Waals surface area contributed by atoms with Crippen LogP contribution in [0.2, 0.25) is 0 Å². The molecule has 12 heteroatoms. The highest BCUT2D eigenvalue weighted by Gasteiger charge is 2.29. The van der Waals surface area contributed by atoms with Crippen LogP contribution in [0.4, 0.5) is 15.8 Å². The number of hydrogen-bond acceptors (Lipinski definition) is 6. The van der Waals surface area contributed by atoms with Crippen LogP contribution >= 0.6 is 0 Å². The van der Waals surface area contributed by atoms with Gasteiger partial charge in [-0.15, -0.1) is 0 Å². The third-order valence-corrected chi connectivity index (χ3v) is 7.13. The fourth-order valence-electron chi connectivity index (χ4n) is 3.45. The Hall–Kier alpha value is -3.35. The van der Waals surface area contributed by atoms with Crippen LogP contribution in [0, 0.1) is 5.82 Å². The summed E-state index contributed by atoms with van der Waals surface area (Å²) in [4.78, 5) is 35.6. The Morgan fingerprint density at radius 1 is 1.03 bits per heavy atom. The lowest BCUT2D eigenvalue weighted by atomic mass is 10.1. The summed E-state index contributed by atoms with van der Waals surface area (Å²) < 4.78 is 46.3. The molecule has 0 radical (unpaired) electrons. The standard InChI is InChI=1S/C21H21FN4O6S/c22-17-6-3-15(13-18(17)33(30,31)25-9-11-32-12-10-25)23-21(29)14-1-4-16(5-2-14)26-20(28)8-7-19(27)24-26/h1-6,13H,7-12H2,(H,23,29)(H,24,27). The third-order valence-electron chi connectivity index (χ3n) is 5.22. The molecule has 0 aromatic heterocycles. The summed E-state index contributed by atoms with van der Waals surface area (Å²) in [5, 5.41) is 3.67. The van der Waals surface area contributed by atoms with Gasteiger partial charge in [-0.05, 0) is 42.5 Å². The summed E-state index contributed by atoms with van der Waals surface area (Å²) in [7, 11) is -4.09. The highest BCUT2D eigenvalue weighted by Crippen LogP contribution is 2.25. The van der Waals surface area contributed by atoms with E-state index in [-0.39, 0.29) is 62.2 Å². The van der Waals surface area contributed by atoms with E-state index in [1.165, 1.54) is 30.3 Å². The minimum atomic E-state index is -4.09. The number of amides is 3. The Bertz CT molecular complexity index is 1200. The lowest BCUT2D eigenvalue weighted by Crippen LogP contribution is -2.50. The van der Waals surface area contributed by atoms with Gasteiger partial charge in [-0.25, -0.2) is 17.8 Å². The molecular formula is C21H21FN4O6S. The zero-order chi connectivity index (χ0) is 23.6. The molecule has 2 heterocycles. The number of nitrogens with zero attached hydrogens (tertiary/aromatic N) is 2. The second kappa shape index (κ2) is 9.25. The molecule has 0 spiro atoms. The van der Waals surface area contributed by atoms with E-state index in [1.54, 1.807) is 0 Å². The van der Waals surface area contributed by atoms with Gasteiger partial charge in [0, 0.05) is 37.2 Å². The summed E-state index contributed by atoms with van der Waals surface area (Å²) in [6.45, 7) is 0.676. The van der Waals surface area contributed by atoms with E-state index in [9.17, 15) is 27.2 Å². The number of carbonyl (C=O) groups excluding carboxylic acids is 3. The molecule has 0 saturated carbocycles. The van der Waals surface area contributed by atoms with Gasteiger partial charge in [0.1, 0.15) is 10.7 Å². The molecule has 2 aliphatic rings. The van der Waals surface area contributed by atoms with Crippen LogP contribution in [0.5, 0.6) is 0 Å². The molecule has 2 aromatic carbocycles. The lowest BCUT2D eigenvalue weighted by molar-refractivity contribution is -0.130. The van der Waals surface area contributed by atoms with Crippen molar-refractivity contribution in [3.05, 3.63) is 53.8 Å². The van der Waals surface area contributed by atoms with Gasteiger partial charge in [0.15, 0.2) is 0 Å². The average molecular weight is 476 g/mol. The normalized spacial score (nSPS) is 17.5. The molecule has 3 amide bonds. The lowest BCUT2D eigenvalue weighted by Gasteiger charge is -2.27. The molecule has 174 valence electrons. The Morgan fingerprint density at radius 2 is 1.73 bits per heavy atom. The van der Waals surface area contributed by atoms with E-state index >= 15 is 0 Å². The molecule has 4 rings (SSSR count). The van der Waals surface area contributed by atoms with Crippen molar-refractivity contribution in [3.8, 4) is 0 Å². The molecule has 2 aliphatic heterocycles. The van der Waals surface area contributed by atoms with Crippen LogP contribution in [0.1, 0.15) is 23.2 Å². The molecule has 33 heavy (non-hydrogen) atoms. The second-order valence-corrected chi connectivity index (χ2v) is 9.33. The predicted octanol–water partition coefficient (Wildman–Crippen LogP) is 1.26. The van der Waals surface area contributed by atoms with Gasteiger partial charge in [0.25, 0.3) is 5.91 Å². The Kier molecular flexibility index (Phi) is 6.40. The van der Waals surface area contributed by atoms with E-state index < -0.39 is 26.6 Å². The number of anilines is 2. The summed E-state index contributed by atoms with van der Waals surface area (Å²) in [5.41, 5.74) is 3.18. The fraction of sp³-hybridized carbons (Fsp3) is 0.286. The van der Waals surface area contributed by atoms with E-state index in [2.05, 4.69) is 10.7 Å². The predicted molar refractivity (Wildman–Crippen MR) is 115 cm³/mol. The van der Waals surface area contributed by atoms with Crippen LogP contribution in [0.3, 0.4) is 0 Å². The Balaban J connectivity index is 1.50. The van der Waals surface area contributed by atoms with Crippen molar-refractivity contribution in [1.29, 1.82) is 0 Å². The highest BCUT2D eigenvalue weighted by atomic mass is 32.2. The first-order valence-corrected chi connectivity index (χ1v) is 11.6. The number of rotatable bonds is 5. The van der Waals surface area contributed by atoms with Crippen molar-refractivity contribution >= 4 is 39.1 Å². The van der Waals surface area contributed by atoms with E-state index in [0.717, 1.165) is 21.4 Å². The van der Waals surface area contributed by atoms with Gasteiger partial charge >= 0.3 is 0 Å². The van der Waals surface area contributed by atoms with Crippen molar-refractivity contribution in [2.24, 2.45) is 0 Å². The first kappa shape index (κ1) is 22.8. The molecular weight excluding hydrogens is 455 g/mol. The first-order chi connectivity index (χ1) is 15.8. The smallest absolute Gasteiger partial charge is 0.255 e. The van der Waals surface area contributed by atoms with Crippen LogP contribution in [0.15, 0.2) is 47.4 Å². The largest absolute Gasteiger partial charge is 0.379 e. The zero-order valence-electron chi connectivity index (χ0n) is 17.4. The van der Waals surface area contributed by atoms with Crippen molar-refractivity contribution in [2.75, 3.05) is 36.6 Å². The Labute approximate surface area is 189 Å². The summed E-state index contributed by atoms with van der Waals surface area (Å²) in [5.74, 6) is -2.03. The van der Waals surface area contributed by atoms with Gasteiger partial charge in [0.05, 0.1) is 18.9 Å². The third kappa shape index (κ3) is 4.87. The minimum Gasteiger partial charge on any atom is -0.379 e. The maximum absolute atomic E-state index is 14.3. The maximum Gasteiger partial charge on any atom is 0.255 e. The van der Waals surface area contributed by atoms with Crippen LogP contribution in [-0.2, 0) is 24.3 Å². The fourth-order valence-corrected chi connectivity index (χ4v) is 4.95. The van der Waals surface area contributed by atoms with E-state index in [1.807, 2.05) is 0 Å². The van der Waals surface area contributed by atoms with Gasteiger partial charge in [-0.1, -0.05) is 0 Å². The van der Waals surface area contributed by atoms with Gasteiger partial charge in [-0.3, -0.25) is 19.8 Å². The van der Waals surface area contributed by atoms with Crippen molar-refractivity contribution in [2.45, 2.75) is 17.7 Å². The molecule has 2 N–H and O–H groups in total. The number of benzene rings is 2. The van der Waals surface area contributed by atoms with E-state index in [4.69, 9.17) is 4.74 Å². The van der Waals surface area contributed by atoms with Crippen LogP contribution in [-0.4, -0.2) is 56.7 Å². The number of nitrogens with one attached hydrogen (secondary N) is 2. The highest BCUT2D eigenvalue weighted by molar-refractivity contribution is 7.89. The van der Waals surface area contributed by atoms with Gasteiger partial charge < -0.3 is 10.1 Å². The number of hydrogen-bond donors (Lipinski definition) is 2. The van der Waals surface area contributed by atoms with Crippen LogP contribution in [0.25, 0.3) is 0 Å².